The third-order valence-corrected chi connectivity index (χ3v) is 4.10. The van der Waals surface area contributed by atoms with Crippen molar-refractivity contribution in [3.05, 3.63) is 64.0 Å². The normalized spacial score (nSPS) is 10.6. The Balaban J connectivity index is 1.77. The fraction of sp³-hybridized carbons (Fsp3) is 0.0667. The van der Waals surface area contributed by atoms with Gasteiger partial charge in [-0.3, -0.25) is 19.9 Å². The molecule has 0 aliphatic carbocycles. The van der Waals surface area contributed by atoms with E-state index in [-0.39, 0.29) is 22.2 Å². The van der Waals surface area contributed by atoms with Gasteiger partial charge in [0.15, 0.2) is 0 Å². The van der Waals surface area contributed by atoms with Crippen molar-refractivity contribution < 1.29 is 14.1 Å². The summed E-state index contributed by atoms with van der Waals surface area (Å²) in [6.07, 6.45) is 3.22. The van der Waals surface area contributed by atoms with Gasteiger partial charge in [0.1, 0.15) is 0 Å². The Kier molecular flexibility index (Phi) is 4.70. The summed E-state index contributed by atoms with van der Waals surface area (Å²) in [5.74, 6) is -0.182. The molecule has 0 bridgehead atoms. The van der Waals surface area contributed by atoms with Gasteiger partial charge in [-0.1, -0.05) is 17.8 Å². The summed E-state index contributed by atoms with van der Waals surface area (Å²) in [5, 5.41) is 19.3. The average Bonchev–Trinajstić information content (AvgIpc) is 3.09. The summed E-state index contributed by atoms with van der Waals surface area (Å²) < 4.78 is 5.51. The van der Waals surface area contributed by atoms with Gasteiger partial charge in [0, 0.05) is 35.3 Å². The van der Waals surface area contributed by atoms with Crippen LogP contribution in [-0.2, 0) is 5.75 Å². The minimum Gasteiger partial charge on any atom is -0.411 e. The van der Waals surface area contributed by atoms with E-state index >= 15 is 0 Å². The second-order valence-electron chi connectivity index (χ2n) is 4.87. The van der Waals surface area contributed by atoms with Gasteiger partial charge in [-0.05, 0) is 18.2 Å². The van der Waals surface area contributed by atoms with Crippen molar-refractivity contribution in [2.75, 3.05) is 0 Å². The first-order chi connectivity index (χ1) is 12.0. The highest BCUT2D eigenvalue weighted by molar-refractivity contribution is 7.98. The van der Waals surface area contributed by atoms with E-state index in [9.17, 15) is 14.9 Å². The summed E-state index contributed by atoms with van der Waals surface area (Å²) >= 11 is 1.15. The Morgan fingerprint density at radius 1 is 1.32 bits per heavy atom. The predicted octanol–water partition coefficient (Wildman–Crippen LogP) is 2.43. The highest BCUT2D eigenvalue weighted by Crippen LogP contribution is 2.29. The van der Waals surface area contributed by atoms with Crippen LogP contribution in [-0.4, -0.2) is 26.0 Å². The van der Waals surface area contributed by atoms with Gasteiger partial charge in [-0.2, -0.15) is 0 Å². The minimum atomic E-state index is -0.722. The average molecular weight is 357 g/mol. The van der Waals surface area contributed by atoms with E-state index in [0.29, 0.717) is 17.0 Å². The molecular formula is C15H11N5O4S. The van der Waals surface area contributed by atoms with Crippen molar-refractivity contribution in [3.63, 3.8) is 0 Å². The molecule has 2 aromatic heterocycles. The topological polar surface area (TPSA) is 138 Å². The smallest absolute Gasteiger partial charge is 0.277 e. The number of amides is 1. The highest BCUT2D eigenvalue weighted by atomic mass is 32.2. The number of benzene rings is 1. The number of primary amides is 1. The number of aromatic nitrogens is 3. The SMILES string of the molecule is NC(=O)c1ccc(CSc2nnc(-c3cccnc3)o2)c([N+](=O)[O-])c1. The first kappa shape index (κ1) is 16.6. The number of rotatable bonds is 6. The number of carbonyl (C=O) groups excluding carboxylic acids is 1. The molecule has 10 heteroatoms. The maximum atomic E-state index is 11.2. The molecule has 3 rings (SSSR count). The standard InChI is InChI=1S/C15H11N5O4S/c16-13(21)9-3-4-11(12(6-9)20(22)23)8-25-15-19-18-14(24-15)10-2-1-5-17-7-10/h1-7H,8H2,(H2,16,21). The zero-order chi connectivity index (χ0) is 17.8. The van der Waals surface area contributed by atoms with Crippen molar-refractivity contribution in [3.8, 4) is 11.5 Å². The van der Waals surface area contributed by atoms with Gasteiger partial charge in [-0.25, -0.2) is 0 Å². The van der Waals surface area contributed by atoms with Gasteiger partial charge in [-0.15, -0.1) is 10.2 Å². The molecule has 126 valence electrons. The quantitative estimate of drug-likeness (QED) is 0.403. The van der Waals surface area contributed by atoms with Crippen LogP contribution in [0, 0.1) is 10.1 Å². The number of nitro groups is 1. The molecule has 0 saturated carbocycles. The van der Waals surface area contributed by atoms with E-state index < -0.39 is 10.8 Å². The van der Waals surface area contributed by atoms with E-state index in [1.54, 1.807) is 24.5 Å². The molecule has 3 aromatic rings. The zero-order valence-corrected chi connectivity index (χ0v) is 13.5. The van der Waals surface area contributed by atoms with E-state index in [1.807, 2.05) is 0 Å². The van der Waals surface area contributed by atoms with Gasteiger partial charge >= 0.3 is 0 Å². The number of nitrogens with two attached hydrogens (primary N) is 1. The molecule has 0 spiro atoms. The second kappa shape index (κ2) is 7.09. The number of pyridine rings is 1. The van der Waals surface area contributed by atoms with E-state index in [2.05, 4.69) is 15.2 Å². The lowest BCUT2D eigenvalue weighted by molar-refractivity contribution is -0.385. The summed E-state index contributed by atoms with van der Waals surface area (Å²) in [4.78, 5) is 25.8. The van der Waals surface area contributed by atoms with Gasteiger partial charge in [0.2, 0.25) is 11.8 Å². The Hall–Kier alpha value is -3.27. The van der Waals surface area contributed by atoms with Crippen LogP contribution in [0.2, 0.25) is 0 Å². The highest BCUT2D eigenvalue weighted by Gasteiger charge is 2.18. The van der Waals surface area contributed by atoms with Crippen molar-refractivity contribution in [1.29, 1.82) is 0 Å². The molecular weight excluding hydrogens is 346 g/mol. The molecule has 2 N–H and O–H groups in total. The van der Waals surface area contributed by atoms with Crippen LogP contribution in [0.5, 0.6) is 0 Å². The third-order valence-electron chi connectivity index (χ3n) is 3.23. The van der Waals surface area contributed by atoms with Gasteiger partial charge in [0.05, 0.1) is 10.5 Å². The molecule has 1 amide bonds. The summed E-state index contributed by atoms with van der Waals surface area (Å²) in [5.41, 5.74) is 6.14. The number of nitro benzene ring substituents is 1. The number of thioether (sulfide) groups is 1. The fourth-order valence-corrected chi connectivity index (χ4v) is 2.78. The molecule has 0 aliphatic heterocycles. The largest absolute Gasteiger partial charge is 0.411 e. The lowest BCUT2D eigenvalue weighted by atomic mass is 10.1. The zero-order valence-electron chi connectivity index (χ0n) is 12.7. The molecule has 25 heavy (non-hydrogen) atoms. The minimum absolute atomic E-state index is 0.0807. The fourth-order valence-electron chi connectivity index (χ4n) is 2.02. The summed E-state index contributed by atoms with van der Waals surface area (Å²) in [6, 6.07) is 7.62. The lowest BCUT2D eigenvalue weighted by Gasteiger charge is -2.03. The van der Waals surface area contributed by atoms with Gasteiger partial charge in [0.25, 0.3) is 10.9 Å². The molecule has 1 aromatic carbocycles. The van der Waals surface area contributed by atoms with E-state index in [4.69, 9.17) is 10.2 Å². The third kappa shape index (κ3) is 3.80. The van der Waals surface area contributed by atoms with Crippen LogP contribution in [0.4, 0.5) is 5.69 Å². The van der Waals surface area contributed by atoms with Crippen LogP contribution in [0.15, 0.2) is 52.4 Å². The molecule has 0 atom stereocenters. The molecule has 0 unspecified atom stereocenters. The van der Waals surface area contributed by atoms with Crippen LogP contribution in [0.25, 0.3) is 11.5 Å². The molecule has 0 radical (unpaired) electrons. The van der Waals surface area contributed by atoms with Crippen molar-refractivity contribution in [2.45, 2.75) is 11.0 Å². The van der Waals surface area contributed by atoms with E-state index in [1.165, 1.54) is 12.1 Å². The Morgan fingerprint density at radius 2 is 2.16 bits per heavy atom. The lowest BCUT2D eigenvalue weighted by Crippen LogP contribution is -2.11. The number of carbonyl (C=O) groups is 1. The summed E-state index contributed by atoms with van der Waals surface area (Å²) in [6.45, 7) is 0. The first-order valence-electron chi connectivity index (χ1n) is 6.98. The summed E-state index contributed by atoms with van der Waals surface area (Å²) in [7, 11) is 0. The van der Waals surface area contributed by atoms with Crippen molar-refractivity contribution in [1.82, 2.24) is 15.2 Å². The van der Waals surface area contributed by atoms with Crippen LogP contribution >= 0.6 is 11.8 Å². The second-order valence-corrected chi connectivity index (χ2v) is 5.79. The maximum absolute atomic E-state index is 11.2. The Bertz CT molecular complexity index is 929. The van der Waals surface area contributed by atoms with Crippen LogP contribution in [0.1, 0.15) is 15.9 Å². The number of hydrogen-bond acceptors (Lipinski definition) is 8. The van der Waals surface area contributed by atoms with E-state index in [0.717, 1.165) is 17.8 Å². The van der Waals surface area contributed by atoms with Crippen LogP contribution in [0.3, 0.4) is 0 Å². The maximum Gasteiger partial charge on any atom is 0.277 e. The van der Waals surface area contributed by atoms with Gasteiger partial charge < -0.3 is 10.2 Å². The molecule has 9 nitrogen and oxygen atoms in total. The molecule has 0 aliphatic rings. The van der Waals surface area contributed by atoms with Crippen LogP contribution < -0.4 is 5.73 Å². The monoisotopic (exact) mass is 357 g/mol. The first-order valence-corrected chi connectivity index (χ1v) is 7.97. The predicted molar refractivity (Wildman–Crippen MR) is 88.7 cm³/mol. The van der Waals surface area contributed by atoms with Crippen molar-refractivity contribution >= 4 is 23.4 Å². The Morgan fingerprint density at radius 3 is 2.84 bits per heavy atom. The molecule has 0 fully saturated rings. The molecule has 0 saturated heterocycles. The number of nitrogens with zero attached hydrogens (tertiary/aromatic N) is 4. The van der Waals surface area contributed by atoms with Crippen molar-refractivity contribution in [2.24, 2.45) is 5.73 Å². The number of hydrogen-bond donors (Lipinski definition) is 1. The Labute approximate surface area is 145 Å². The molecule has 2 heterocycles.